The molecule has 0 bridgehead atoms. The van der Waals surface area contributed by atoms with Gasteiger partial charge < -0.3 is 24.8 Å². The molecule has 4 aromatic carbocycles. The molecule has 0 aliphatic rings. The van der Waals surface area contributed by atoms with Gasteiger partial charge in [0.15, 0.2) is 0 Å². The molecule has 0 heterocycles. The maximum atomic E-state index is 12.6. The van der Waals surface area contributed by atoms with Crippen LogP contribution in [0.25, 0.3) is 0 Å². The molecule has 2 amide bonds. The molecule has 2 N–H and O–H groups in total. The highest BCUT2D eigenvalue weighted by atomic mass is 35.5. The molecule has 7 nitrogen and oxygen atoms in total. The van der Waals surface area contributed by atoms with Gasteiger partial charge in [-0.05, 0) is 84.9 Å². The lowest BCUT2D eigenvalue weighted by Gasteiger charge is -2.12. The number of ether oxygens (including phenoxy) is 3. The molecule has 4 rings (SSSR count). The first-order valence-electron chi connectivity index (χ1n) is 11.0. The standard InChI is InChI=1S/C28H22Cl2N2O5/c1-35-25-13-3-17(29)15-23(25)27(33)31-19-5-9-21(10-6-19)37-22-11-7-20(8-12-22)32-28(34)24-16-18(30)4-14-26(24)36-2/h3-16H,1-2H3,(H,31,33)(H,32,34). The van der Waals surface area contributed by atoms with E-state index in [-0.39, 0.29) is 11.8 Å². The fraction of sp³-hybridized carbons (Fsp3) is 0.0714. The van der Waals surface area contributed by atoms with E-state index in [0.717, 1.165) is 0 Å². The molecule has 0 aromatic heterocycles. The summed E-state index contributed by atoms with van der Waals surface area (Å²) in [5.74, 6) is 1.29. The van der Waals surface area contributed by atoms with Gasteiger partial charge in [-0.1, -0.05) is 23.2 Å². The number of rotatable bonds is 8. The van der Waals surface area contributed by atoms with Crippen LogP contribution in [0.3, 0.4) is 0 Å². The zero-order valence-corrected chi connectivity index (χ0v) is 21.4. The molecule has 0 saturated heterocycles. The number of nitrogens with one attached hydrogen (secondary N) is 2. The van der Waals surface area contributed by atoms with Crippen LogP contribution < -0.4 is 24.8 Å². The number of amides is 2. The molecular formula is C28H22Cl2N2O5. The van der Waals surface area contributed by atoms with E-state index in [9.17, 15) is 9.59 Å². The summed E-state index contributed by atoms with van der Waals surface area (Å²) in [6, 6.07) is 23.5. The van der Waals surface area contributed by atoms with E-state index in [0.29, 0.717) is 55.5 Å². The zero-order valence-electron chi connectivity index (χ0n) is 19.9. The van der Waals surface area contributed by atoms with E-state index in [2.05, 4.69) is 10.6 Å². The van der Waals surface area contributed by atoms with Gasteiger partial charge in [-0.15, -0.1) is 0 Å². The first kappa shape index (κ1) is 25.9. The van der Waals surface area contributed by atoms with Crippen LogP contribution in [0.4, 0.5) is 11.4 Å². The number of carbonyl (C=O) groups excluding carboxylic acids is 2. The van der Waals surface area contributed by atoms with Crippen LogP contribution in [0.1, 0.15) is 20.7 Å². The lowest BCUT2D eigenvalue weighted by Crippen LogP contribution is -2.13. The number of anilines is 2. The number of hydrogen-bond acceptors (Lipinski definition) is 5. The SMILES string of the molecule is COc1ccc(Cl)cc1C(=O)Nc1ccc(Oc2ccc(NC(=O)c3cc(Cl)ccc3OC)cc2)cc1. The quantitative estimate of drug-likeness (QED) is 0.246. The summed E-state index contributed by atoms with van der Waals surface area (Å²) in [6.07, 6.45) is 0. The van der Waals surface area contributed by atoms with Gasteiger partial charge in [0.05, 0.1) is 25.3 Å². The Hall–Kier alpha value is -4.20. The molecule has 0 spiro atoms. The van der Waals surface area contributed by atoms with Crippen molar-refractivity contribution < 1.29 is 23.8 Å². The minimum Gasteiger partial charge on any atom is -0.496 e. The molecule has 0 saturated carbocycles. The van der Waals surface area contributed by atoms with E-state index in [4.69, 9.17) is 37.4 Å². The number of methoxy groups -OCH3 is 2. The third-order valence-corrected chi connectivity index (χ3v) is 5.74. The molecule has 0 fully saturated rings. The van der Waals surface area contributed by atoms with E-state index in [1.165, 1.54) is 14.2 Å². The third-order valence-electron chi connectivity index (χ3n) is 5.27. The van der Waals surface area contributed by atoms with Crippen LogP contribution >= 0.6 is 23.2 Å². The molecule has 188 valence electrons. The molecular weight excluding hydrogens is 515 g/mol. The number of carbonyl (C=O) groups is 2. The highest BCUT2D eigenvalue weighted by molar-refractivity contribution is 6.31. The van der Waals surface area contributed by atoms with Crippen LogP contribution in [0.5, 0.6) is 23.0 Å². The second-order valence-electron chi connectivity index (χ2n) is 7.75. The van der Waals surface area contributed by atoms with Crippen molar-refractivity contribution in [1.82, 2.24) is 0 Å². The molecule has 9 heteroatoms. The number of hydrogen-bond donors (Lipinski definition) is 2. The summed E-state index contributed by atoms with van der Waals surface area (Å²) in [7, 11) is 2.98. The van der Waals surface area contributed by atoms with Gasteiger partial charge in [0.25, 0.3) is 11.8 Å². The lowest BCUT2D eigenvalue weighted by atomic mass is 10.1. The lowest BCUT2D eigenvalue weighted by molar-refractivity contribution is 0.101. The Kier molecular flexibility index (Phi) is 8.18. The fourth-order valence-corrected chi connectivity index (χ4v) is 3.81. The first-order chi connectivity index (χ1) is 17.9. The van der Waals surface area contributed by atoms with Gasteiger partial charge in [0, 0.05) is 21.4 Å². The predicted molar refractivity (Wildman–Crippen MR) is 145 cm³/mol. The molecule has 0 unspecified atom stereocenters. The van der Waals surface area contributed by atoms with Crippen molar-refractivity contribution in [2.75, 3.05) is 24.9 Å². The Labute approximate surface area is 223 Å². The summed E-state index contributed by atoms with van der Waals surface area (Å²) < 4.78 is 16.3. The van der Waals surface area contributed by atoms with Gasteiger partial charge in [0.1, 0.15) is 23.0 Å². The zero-order chi connectivity index (χ0) is 26.4. The maximum Gasteiger partial charge on any atom is 0.259 e. The van der Waals surface area contributed by atoms with Crippen LogP contribution in [0, 0.1) is 0 Å². The van der Waals surface area contributed by atoms with Gasteiger partial charge in [-0.25, -0.2) is 0 Å². The largest absolute Gasteiger partial charge is 0.496 e. The Morgan fingerprint density at radius 3 is 1.32 bits per heavy atom. The van der Waals surface area contributed by atoms with Crippen molar-refractivity contribution in [2.45, 2.75) is 0 Å². The van der Waals surface area contributed by atoms with Crippen molar-refractivity contribution in [3.8, 4) is 23.0 Å². The third kappa shape index (κ3) is 6.52. The molecule has 4 aromatic rings. The molecule has 0 aliphatic heterocycles. The predicted octanol–water partition coefficient (Wildman–Crippen LogP) is 7.31. The van der Waals surface area contributed by atoms with Crippen molar-refractivity contribution in [2.24, 2.45) is 0 Å². The molecule has 0 radical (unpaired) electrons. The Balaban J connectivity index is 1.37. The van der Waals surface area contributed by atoms with E-state index >= 15 is 0 Å². The van der Waals surface area contributed by atoms with Crippen LogP contribution in [-0.4, -0.2) is 26.0 Å². The normalized spacial score (nSPS) is 10.4. The highest BCUT2D eigenvalue weighted by Gasteiger charge is 2.15. The topological polar surface area (TPSA) is 85.9 Å². The second kappa shape index (κ2) is 11.7. The second-order valence-corrected chi connectivity index (χ2v) is 8.62. The van der Waals surface area contributed by atoms with Crippen molar-refractivity contribution in [3.63, 3.8) is 0 Å². The smallest absolute Gasteiger partial charge is 0.259 e. The van der Waals surface area contributed by atoms with Crippen molar-refractivity contribution in [3.05, 3.63) is 106 Å². The van der Waals surface area contributed by atoms with Crippen molar-refractivity contribution in [1.29, 1.82) is 0 Å². The summed E-state index contributed by atoms with van der Waals surface area (Å²) in [5.41, 5.74) is 1.82. The first-order valence-corrected chi connectivity index (χ1v) is 11.8. The fourth-order valence-electron chi connectivity index (χ4n) is 3.46. The highest BCUT2D eigenvalue weighted by Crippen LogP contribution is 2.28. The summed E-state index contributed by atoms with van der Waals surface area (Å²) in [4.78, 5) is 25.3. The average Bonchev–Trinajstić information content (AvgIpc) is 2.90. The van der Waals surface area contributed by atoms with E-state index < -0.39 is 0 Å². The summed E-state index contributed by atoms with van der Waals surface area (Å²) >= 11 is 12.0. The average molecular weight is 537 g/mol. The number of benzene rings is 4. The summed E-state index contributed by atoms with van der Waals surface area (Å²) in [6.45, 7) is 0. The molecule has 0 aliphatic carbocycles. The van der Waals surface area contributed by atoms with E-state index in [1.54, 1.807) is 84.9 Å². The maximum absolute atomic E-state index is 12.6. The minimum absolute atomic E-state index is 0.330. The number of halogens is 2. The van der Waals surface area contributed by atoms with Crippen molar-refractivity contribution >= 4 is 46.4 Å². The van der Waals surface area contributed by atoms with Gasteiger partial charge >= 0.3 is 0 Å². The Bertz CT molecular complexity index is 1310. The van der Waals surface area contributed by atoms with Gasteiger partial charge in [0.2, 0.25) is 0 Å². The molecule has 0 atom stereocenters. The van der Waals surface area contributed by atoms with E-state index in [1.807, 2.05) is 0 Å². The summed E-state index contributed by atoms with van der Waals surface area (Å²) in [5, 5.41) is 6.49. The van der Waals surface area contributed by atoms with Crippen LogP contribution in [-0.2, 0) is 0 Å². The van der Waals surface area contributed by atoms with Crippen LogP contribution in [0.15, 0.2) is 84.9 Å². The Morgan fingerprint density at radius 1 is 0.595 bits per heavy atom. The van der Waals surface area contributed by atoms with Gasteiger partial charge in [-0.2, -0.15) is 0 Å². The molecule has 37 heavy (non-hydrogen) atoms. The Morgan fingerprint density at radius 2 is 0.973 bits per heavy atom. The monoisotopic (exact) mass is 536 g/mol. The van der Waals surface area contributed by atoms with Gasteiger partial charge in [-0.3, -0.25) is 9.59 Å². The van der Waals surface area contributed by atoms with Crippen LogP contribution in [0.2, 0.25) is 10.0 Å². The minimum atomic E-state index is -0.346.